The molecule has 0 radical (unpaired) electrons. The fourth-order valence-electron chi connectivity index (χ4n) is 4.96. The Labute approximate surface area is 196 Å². The van der Waals surface area contributed by atoms with E-state index in [2.05, 4.69) is 80.9 Å². The van der Waals surface area contributed by atoms with Crippen molar-refractivity contribution in [3.05, 3.63) is 53.5 Å². The van der Waals surface area contributed by atoms with Gasteiger partial charge in [0.2, 0.25) is 11.7 Å². The average molecular weight is 447 g/mol. The van der Waals surface area contributed by atoms with Crippen molar-refractivity contribution >= 4 is 11.5 Å². The molecule has 2 saturated heterocycles. The van der Waals surface area contributed by atoms with Gasteiger partial charge in [-0.15, -0.1) is 0 Å². The summed E-state index contributed by atoms with van der Waals surface area (Å²) in [4.78, 5) is 16.6. The Morgan fingerprint density at radius 2 is 1.85 bits per heavy atom. The molecule has 2 fully saturated rings. The maximum Gasteiger partial charge on any atom is 0.241 e. The molecule has 0 aliphatic carbocycles. The molecule has 0 amide bonds. The highest BCUT2D eigenvalue weighted by Gasteiger charge is 2.21. The van der Waals surface area contributed by atoms with Crippen LogP contribution in [-0.4, -0.2) is 59.3 Å². The SMILES string of the molecule is Cc1cccc(N2CCN(Cc3nc(-c4ccc(N5CCC[C@H](C)C5)nc4)no3)CC2)c1C. The third-order valence-corrected chi connectivity index (χ3v) is 7.10. The molecule has 0 saturated carbocycles. The molecule has 174 valence electrons. The Bertz CT molecular complexity index is 1070. The predicted molar refractivity (Wildman–Crippen MR) is 132 cm³/mol. The maximum atomic E-state index is 5.57. The highest BCUT2D eigenvalue weighted by molar-refractivity contribution is 5.57. The fourth-order valence-corrected chi connectivity index (χ4v) is 4.96. The number of piperazine rings is 1. The van der Waals surface area contributed by atoms with E-state index in [1.807, 2.05) is 6.20 Å². The van der Waals surface area contributed by atoms with E-state index in [9.17, 15) is 0 Å². The molecular weight excluding hydrogens is 412 g/mol. The van der Waals surface area contributed by atoms with Gasteiger partial charge in [-0.05, 0) is 61.9 Å². The predicted octanol–water partition coefficient (Wildman–Crippen LogP) is 4.31. The van der Waals surface area contributed by atoms with Crippen LogP contribution in [0.4, 0.5) is 11.5 Å². The molecule has 0 spiro atoms. The van der Waals surface area contributed by atoms with Crippen LogP contribution < -0.4 is 9.80 Å². The van der Waals surface area contributed by atoms with E-state index in [1.54, 1.807) is 0 Å². The lowest BCUT2D eigenvalue weighted by molar-refractivity contribution is 0.215. The molecule has 3 aromatic rings. The third kappa shape index (κ3) is 4.88. The summed E-state index contributed by atoms with van der Waals surface area (Å²) < 4.78 is 5.57. The number of aryl methyl sites for hydroxylation is 1. The first-order valence-corrected chi connectivity index (χ1v) is 12.1. The number of aromatic nitrogens is 3. The second-order valence-corrected chi connectivity index (χ2v) is 9.59. The smallest absolute Gasteiger partial charge is 0.241 e. The van der Waals surface area contributed by atoms with Gasteiger partial charge in [-0.25, -0.2) is 4.98 Å². The highest BCUT2D eigenvalue weighted by Crippen LogP contribution is 2.25. The van der Waals surface area contributed by atoms with E-state index in [-0.39, 0.29) is 0 Å². The van der Waals surface area contributed by atoms with Gasteiger partial charge >= 0.3 is 0 Å². The normalized spacial score (nSPS) is 19.8. The fraction of sp³-hybridized carbons (Fsp3) is 0.500. The molecule has 0 unspecified atom stereocenters. The summed E-state index contributed by atoms with van der Waals surface area (Å²) in [6.45, 7) is 13.5. The van der Waals surface area contributed by atoms with Crippen molar-refractivity contribution in [2.45, 2.75) is 40.2 Å². The van der Waals surface area contributed by atoms with Crippen molar-refractivity contribution in [1.29, 1.82) is 0 Å². The molecule has 0 bridgehead atoms. The minimum Gasteiger partial charge on any atom is -0.369 e. The number of nitrogens with zero attached hydrogens (tertiary/aromatic N) is 6. The van der Waals surface area contributed by atoms with Crippen LogP contribution in [-0.2, 0) is 6.54 Å². The van der Waals surface area contributed by atoms with Gasteiger partial charge in [-0.3, -0.25) is 4.90 Å². The summed E-state index contributed by atoms with van der Waals surface area (Å²) in [5.41, 5.74) is 4.98. The Morgan fingerprint density at radius 1 is 1.00 bits per heavy atom. The lowest BCUT2D eigenvalue weighted by atomic mass is 10.0. The van der Waals surface area contributed by atoms with Crippen LogP contribution in [0.3, 0.4) is 0 Å². The third-order valence-electron chi connectivity index (χ3n) is 7.10. The van der Waals surface area contributed by atoms with E-state index in [1.165, 1.54) is 29.7 Å². The number of hydrogen-bond donors (Lipinski definition) is 0. The minimum absolute atomic E-state index is 0.616. The van der Waals surface area contributed by atoms with Crippen LogP contribution >= 0.6 is 0 Å². The highest BCUT2D eigenvalue weighted by atomic mass is 16.5. The van der Waals surface area contributed by atoms with E-state index in [0.29, 0.717) is 18.3 Å². The quantitative estimate of drug-likeness (QED) is 0.579. The average Bonchev–Trinajstić information content (AvgIpc) is 3.30. The van der Waals surface area contributed by atoms with Crippen molar-refractivity contribution in [2.75, 3.05) is 49.1 Å². The second kappa shape index (κ2) is 9.51. The number of anilines is 2. The molecular formula is C26H34N6O. The molecule has 33 heavy (non-hydrogen) atoms. The summed E-state index contributed by atoms with van der Waals surface area (Å²) in [7, 11) is 0. The zero-order chi connectivity index (χ0) is 22.8. The first-order chi connectivity index (χ1) is 16.1. The lowest BCUT2D eigenvalue weighted by Crippen LogP contribution is -2.46. The molecule has 2 aromatic heterocycles. The number of rotatable bonds is 5. The van der Waals surface area contributed by atoms with E-state index in [0.717, 1.165) is 56.6 Å². The Balaban J connectivity index is 1.17. The standard InChI is InChI=1S/C26H34N6O/c1-19-6-5-11-32(17-19)24-10-9-22(16-27-24)26-28-25(33-29-26)18-30-12-14-31(15-13-30)23-8-4-7-20(2)21(23)3/h4,7-10,16,19H,5-6,11-15,17-18H2,1-3H3/t19-/m0/s1. The van der Waals surface area contributed by atoms with Crippen molar-refractivity contribution in [1.82, 2.24) is 20.0 Å². The number of piperidine rings is 1. The topological polar surface area (TPSA) is 61.5 Å². The molecule has 2 aliphatic rings. The van der Waals surface area contributed by atoms with Gasteiger partial charge in [0, 0.05) is 56.7 Å². The minimum atomic E-state index is 0.616. The van der Waals surface area contributed by atoms with Crippen LogP contribution in [0.25, 0.3) is 11.4 Å². The zero-order valence-corrected chi connectivity index (χ0v) is 20.0. The maximum absolute atomic E-state index is 5.57. The molecule has 0 N–H and O–H groups in total. The summed E-state index contributed by atoms with van der Waals surface area (Å²) in [5.74, 6) is 3.04. The summed E-state index contributed by atoms with van der Waals surface area (Å²) in [6, 6.07) is 10.7. The Kier molecular flexibility index (Phi) is 6.31. The lowest BCUT2D eigenvalue weighted by Gasteiger charge is -2.36. The second-order valence-electron chi connectivity index (χ2n) is 9.59. The largest absolute Gasteiger partial charge is 0.369 e. The van der Waals surface area contributed by atoms with Crippen molar-refractivity contribution < 1.29 is 4.52 Å². The van der Waals surface area contributed by atoms with E-state index in [4.69, 9.17) is 4.52 Å². The monoisotopic (exact) mass is 446 g/mol. The Morgan fingerprint density at radius 3 is 2.61 bits per heavy atom. The van der Waals surface area contributed by atoms with Crippen LogP contribution in [0.2, 0.25) is 0 Å². The van der Waals surface area contributed by atoms with Crippen LogP contribution in [0.1, 0.15) is 36.8 Å². The van der Waals surface area contributed by atoms with Gasteiger partial charge in [0.1, 0.15) is 5.82 Å². The Hall–Kier alpha value is -2.93. The first-order valence-electron chi connectivity index (χ1n) is 12.1. The molecule has 2 aliphatic heterocycles. The first kappa shape index (κ1) is 21.9. The number of pyridine rings is 1. The molecule has 7 nitrogen and oxygen atoms in total. The molecule has 5 rings (SSSR count). The summed E-state index contributed by atoms with van der Waals surface area (Å²) in [6.07, 6.45) is 4.41. The van der Waals surface area contributed by atoms with Crippen molar-refractivity contribution in [2.24, 2.45) is 5.92 Å². The van der Waals surface area contributed by atoms with Gasteiger partial charge < -0.3 is 14.3 Å². The van der Waals surface area contributed by atoms with Gasteiger partial charge in [0.05, 0.1) is 6.54 Å². The molecule has 1 aromatic carbocycles. The molecule has 4 heterocycles. The van der Waals surface area contributed by atoms with Crippen LogP contribution in [0.5, 0.6) is 0 Å². The van der Waals surface area contributed by atoms with Gasteiger partial charge in [-0.2, -0.15) is 4.98 Å². The molecule has 7 heteroatoms. The van der Waals surface area contributed by atoms with Gasteiger partial charge in [-0.1, -0.05) is 24.2 Å². The summed E-state index contributed by atoms with van der Waals surface area (Å²) in [5, 5.41) is 4.21. The van der Waals surface area contributed by atoms with Crippen molar-refractivity contribution in [3.8, 4) is 11.4 Å². The zero-order valence-electron chi connectivity index (χ0n) is 20.0. The van der Waals surface area contributed by atoms with Crippen LogP contribution in [0.15, 0.2) is 41.1 Å². The number of benzene rings is 1. The summed E-state index contributed by atoms with van der Waals surface area (Å²) >= 11 is 0. The van der Waals surface area contributed by atoms with Crippen LogP contribution in [0, 0.1) is 19.8 Å². The van der Waals surface area contributed by atoms with E-state index >= 15 is 0 Å². The van der Waals surface area contributed by atoms with E-state index < -0.39 is 0 Å². The number of hydrogen-bond acceptors (Lipinski definition) is 7. The van der Waals surface area contributed by atoms with Crippen molar-refractivity contribution in [3.63, 3.8) is 0 Å². The van der Waals surface area contributed by atoms with Gasteiger partial charge in [0.15, 0.2) is 0 Å². The molecule has 1 atom stereocenters. The van der Waals surface area contributed by atoms with Gasteiger partial charge in [0.25, 0.3) is 0 Å².